The predicted molar refractivity (Wildman–Crippen MR) is 99.8 cm³/mol. The van der Waals surface area contributed by atoms with E-state index in [1.54, 1.807) is 4.90 Å². The number of benzene rings is 1. The number of hydrogen-bond donors (Lipinski definition) is 2. The molecule has 144 valence electrons. The lowest BCUT2D eigenvalue weighted by molar-refractivity contribution is -0.136. The lowest BCUT2D eigenvalue weighted by Crippen LogP contribution is -2.52. The van der Waals surface area contributed by atoms with Gasteiger partial charge in [0.05, 0.1) is 0 Å². The molecule has 2 fully saturated rings. The summed E-state index contributed by atoms with van der Waals surface area (Å²) >= 11 is 0. The van der Waals surface area contributed by atoms with Crippen LogP contribution >= 0.6 is 0 Å². The van der Waals surface area contributed by atoms with Gasteiger partial charge in [-0.2, -0.15) is 0 Å². The summed E-state index contributed by atoms with van der Waals surface area (Å²) < 4.78 is 0. The van der Waals surface area contributed by atoms with Gasteiger partial charge in [0.2, 0.25) is 11.8 Å². The molecule has 1 aromatic rings. The van der Waals surface area contributed by atoms with Gasteiger partial charge in [0, 0.05) is 44.2 Å². The molecule has 4 rings (SSSR count). The first-order valence-corrected chi connectivity index (χ1v) is 9.77. The largest absolute Gasteiger partial charge is 0.322 e. The molecule has 0 saturated carbocycles. The number of amides is 3. The van der Waals surface area contributed by atoms with Gasteiger partial charge in [-0.25, -0.2) is 0 Å². The molecule has 7 heteroatoms. The number of fused-ring (bicyclic) bond motifs is 1. The number of rotatable bonds is 5. The van der Waals surface area contributed by atoms with E-state index in [1.807, 2.05) is 12.1 Å². The molecule has 27 heavy (non-hydrogen) atoms. The summed E-state index contributed by atoms with van der Waals surface area (Å²) in [5.41, 5.74) is 2.78. The van der Waals surface area contributed by atoms with Crippen molar-refractivity contribution in [3.05, 3.63) is 34.9 Å². The Hall–Kier alpha value is -2.25. The molecule has 3 aliphatic heterocycles. The molecule has 0 aliphatic carbocycles. The highest BCUT2D eigenvalue weighted by molar-refractivity contribution is 6.05. The number of nitrogens with zero attached hydrogens (tertiary/aromatic N) is 2. The molecule has 2 unspecified atom stereocenters. The third kappa shape index (κ3) is 3.61. The third-order valence-corrected chi connectivity index (χ3v) is 5.76. The van der Waals surface area contributed by atoms with Crippen molar-refractivity contribution < 1.29 is 14.4 Å². The SMILES string of the molecule is CCNC1CCN(Cc2ccc3c(c2)C(=O)N(C2CCC(=O)NC2=O)C3)C1. The van der Waals surface area contributed by atoms with E-state index < -0.39 is 6.04 Å². The van der Waals surface area contributed by atoms with Crippen molar-refractivity contribution in [3.8, 4) is 0 Å². The topological polar surface area (TPSA) is 81.8 Å². The Morgan fingerprint density at radius 3 is 2.85 bits per heavy atom. The van der Waals surface area contributed by atoms with Gasteiger partial charge < -0.3 is 10.2 Å². The number of hydrogen-bond acceptors (Lipinski definition) is 5. The molecule has 2 N–H and O–H groups in total. The number of carbonyl (C=O) groups excluding carboxylic acids is 3. The van der Waals surface area contributed by atoms with Crippen LogP contribution in [0.1, 0.15) is 47.7 Å². The van der Waals surface area contributed by atoms with Gasteiger partial charge in [0.1, 0.15) is 6.04 Å². The Bertz CT molecular complexity index is 778. The molecule has 2 atom stereocenters. The van der Waals surface area contributed by atoms with E-state index in [9.17, 15) is 14.4 Å². The summed E-state index contributed by atoms with van der Waals surface area (Å²) in [6.45, 7) is 6.48. The maximum atomic E-state index is 12.9. The van der Waals surface area contributed by atoms with Crippen LogP contribution in [0.5, 0.6) is 0 Å². The van der Waals surface area contributed by atoms with Gasteiger partial charge in [-0.3, -0.25) is 24.6 Å². The molecule has 3 aliphatic rings. The molecule has 0 spiro atoms. The normalized spacial score (nSPS) is 25.8. The van der Waals surface area contributed by atoms with Gasteiger partial charge in [-0.05, 0) is 36.6 Å². The van der Waals surface area contributed by atoms with Gasteiger partial charge in [-0.1, -0.05) is 19.1 Å². The van der Waals surface area contributed by atoms with Gasteiger partial charge in [0.25, 0.3) is 5.91 Å². The summed E-state index contributed by atoms with van der Waals surface area (Å²) in [7, 11) is 0. The van der Waals surface area contributed by atoms with Gasteiger partial charge in [0.15, 0.2) is 0 Å². The zero-order valence-corrected chi connectivity index (χ0v) is 15.7. The van der Waals surface area contributed by atoms with Crippen molar-refractivity contribution in [2.45, 2.75) is 51.4 Å². The van der Waals surface area contributed by atoms with Crippen LogP contribution in [0.25, 0.3) is 0 Å². The summed E-state index contributed by atoms with van der Waals surface area (Å²) in [4.78, 5) is 40.4. The molecule has 3 heterocycles. The molecule has 0 bridgehead atoms. The van der Waals surface area contributed by atoms with Crippen molar-refractivity contribution in [1.82, 2.24) is 20.4 Å². The first-order valence-electron chi connectivity index (χ1n) is 9.77. The quantitative estimate of drug-likeness (QED) is 0.743. The number of imide groups is 1. The zero-order valence-electron chi connectivity index (χ0n) is 15.7. The monoisotopic (exact) mass is 370 g/mol. The Balaban J connectivity index is 1.44. The summed E-state index contributed by atoms with van der Waals surface area (Å²) in [5.74, 6) is -0.725. The molecular formula is C20H26N4O3. The van der Waals surface area contributed by atoms with Crippen LogP contribution in [0.2, 0.25) is 0 Å². The Morgan fingerprint density at radius 2 is 2.07 bits per heavy atom. The maximum Gasteiger partial charge on any atom is 0.255 e. The van der Waals surface area contributed by atoms with E-state index in [1.165, 1.54) is 0 Å². The molecular weight excluding hydrogens is 344 g/mol. The van der Waals surface area contributed by atoms with E-state index in [-0.39, 0.29) is 24.1 Å². The minimum atomic E-state index is -0.550. The predicted octanol–water partition coefficient (Wildman–Crippen LogP) is 0.631. The Labute approximate surface area is 159 Å². The Morgan fingerprint density at radius 1 is 1.22 bits per heavy atom. The van der Waals surface area contributed by atoms with Crippen LogP contribution in [-0.2, 0) is 22.7 Å². The fourth-order valence-electron chi connectivity index (χ4n) is 4.39. The van der Waals surface area contributed by atoms with Crippen LogP contribution in [0.15, 0.2) is 18.2 Å². The number of piperidine rings is 1. The number of likely N-dealkylation sites (N-methyl/N-ethyl adjacent to an activating group) is 1. The third-order valence-electron chi connectivity index (χ3n) is 5.76. The standard InChI is InChI=1S/C20H26N4O3/c1-2-21-15-7-8-23(12-15)10-13-3-4-14-11-24(20(27)16(14)9-13)17-5-6-18(25)22-19(17)26/h3-4,9,15,17,21H,2,5-8,10-12H2,1H3,(H,22,25,26). The Kier molecular flexibility index (Phi) is 4.97. The number of nitrogens with one attached hydrogen (secondary N) is 2. The first kappa shape index (κ1) is 18.1. The number of likely N-dealkylation sites (tertiary alicyclic amines) is 1. The highest BCUT2D eigenvalue weighted by atomic mass is 16.2. The van der Waals surface area contributed by atoms with E-state index in [0.29, 0.717) is 24.6 Å². The number of carbonyl (C=O) groups is 3. The van der Waals surface area contributed by atoms with Crippen molar-refractivity contribution in [2.24, 2.45) is 0 Å². The highest BCUT2D eigenvalue weighted by Crippen LogP contribution is 2.28. The van der Waals surface area contributed by atoms with Crippen LogP contribution in [-0.4, -0.2) is 59.2 Å². The van der Waals surface area contributed by atoms with E-state index in [4.69, 9.17) is 0 Å². The van der Waals surface area contributed by atoms with Crippen LogP contribution in [0.4, 0.5) is 0 Å². The second kappa shape index (κ2) is 7.40. The van der Waals surface area contributed by atoms with Crippen molar-refractivity contribution in [3.63, 3.8) is 0 Å². The average molecular weight is 370 g/mol. The summed E-state index contributed by atoms with van der Waals surface area (Å²) in [6.07, 6.45) is 1.83. The second-order valence-corrected chi connectivity index (χ2v) is 7.67. The van der Waals surface area contributed by atoms with E-state index >= 15 is 0 Å². The molecule has 0 aromatic heterocycles. The fourth-order valence-corrected chi connectivity index (χ4v) is 4.39. The van der Waals surface area contributed by atoms with Gasteiger partial charge >= 0.3 is 0 Å². The average Bonchev–Trinajstić information content (AvgIpc) is 3.20. The molecule has 7 nitrogen and oxygen atoms in total. The lowest BCUT2D eigenvalue weighted by Gasteiger charge is -2.29. The maximum absolute atomic E-state index is 12.9. The van der Waals surface area contributed by atoms with E-state index in [2.05, 4.69) is 28.5 Å². The first-order chi connectivity index (χ1) is 13.0. The minimum absolute atomic E-state index is 0.103. The lowest BCUT2D eigenvalue weighted by atomic mass is 10.0. The second-order valence-electron chi connectivity index (χ2n) is 7.67. The minimum Gasteiger partial charge on any atom is -0.322 e. The summed E-state index contributed by atoms with van der Waals surface area (Å²) in [5, 5.41) is 5.84. The van der Waals surface area contributed by atoms with E-state index in [0.717, 1.165) is 43.7 Å². The zero-order chi connectivity index (χ0) is 19.0. The molecule has 0 radical (unpaired) electrons. The van der Waals surface area contributed by atoms with Crippen LogP contribution in [0.3, 0.4) is 0 Å². The highest BCUT2D eigenvalue weighted by Gasteiger charge is 2.39. The van der Waals surface area contributed by atoms with Crippen LogP contribution < -0.4 is 10.6 Å². The van der Waals surface area contributed by atoms with Crippen molar-refractivity contribution in [2.75, 3.05) is 19.6 Å². The molecule has 3 amide bonds. The fraction of sp³-hybridized carbons (Fsp3) is 0.550. The van der Waals surface area contributed by atoms with Crippen molar-refractivity contribution in [1.29, 1.82) is 0 Å². The smallest absolute Gasteiger partial charge is 0.255 e. The van der Waals surface area contributed by atoms with Crippen LogP contribution in [0, 0.1) is 0 Å². The van der Waals surface area contributed by atoms with Crippen molar-refractivity contribution >= 4 is 17.7 Å². The molecule has 1 aromatic carbocycles. The van der Waals surface area contributed by atoms with Gasteiger partial charge in [-0.15, -0.1) is 0 Å². The molecule has 2 saturated heterocycles. The summed E-state index contributed by atoms with van der Waals surface area (Å²) in [6, 6.07) is 6.07.